The van der Waals surface area contributed by atoms with Crippen LogP contribution in [0.3, 0.4) is 0 Å². The SMILES string of the molecule is O=C(CCCCC(=O)NCC(=O)Nc1ccc(COC(=O)NCCCOCC(O)CO[P+](=O)O)cc1)NCCC(=O)N1Cc2ccccc2C#Cc2ccccc21. The highest BCUT2D eigenvalue weighted by molar-refractivity contribution is 7.32. The lowest BCUT2D eigenvalue weighted by Gasteiger charge is -2.26. The van der Waals surface area contributed by atoms with Crippen LogP contribution in [0.4, 0.5) is 16.2 Å². The second kappa shape index (κ2) is 24.1. The smallest absolute Gasteiger partial charge is 0.445 e. The van der Waals surface area contributed by atoms with Gasteiger partial charge in [0.05, 0.1) is 25.4 Å². The molecule has 16 nitrogen and oxygen atoms in total. The maximum absolute atomic E-state index is 13.3. The van der Waals surface area contributed by atoms with E-state index in [9.17, 15) is 33.6 Å². The number of carbonyl (C=O) groups excluding carboxylic acids is 5. The van der Waals surface area contributed by atoms with Crippen molar-refractivity contribution in [2.24, 2.45) is 0 Å². The number of amides is 5. The summed E-state index contributed by atoms with van der Waals surface area (Å²) in [5.41, 5.74) is 4.48. The van der Waals surface area contributed by atoms with Gasteiger partial charge in [0.25, 0.3) is 0 Å². The van der Waals surface area contributed by atoms with Crippen molar-refractivity contribution in [2.75, 3.05) is 49.7 Å². The van der Waals surface area contributed by atoms with Crippen LogP contribution < -0.4 is 26.2 Å². The Hall–Kier alpha value is -5.69. The predicted molar refractivity (Wildman–Crippen MR) is 210 cm³/mol. The lowest BCUT2D eigenvalue weighted by atomic mass is 10.0. The zero-order chi connectivity index (χ0) is 40.8. The van der Waals surface area contributed by atoms with Crippen molar-refractivity contribution in [2.45, 2.75) is 57.8 Å². The number of rotatable bonds is 22. The van der Waals surface area contributed by atoms with Crippen molar-refractivity contribution < 1.29 is 52.5 Å². The quantitative estimate of drug-likeness (QED) is 0.0491. The number of nitrogens with one attached hydrogen (secondary N) is 4. The molecule has 0 fully saturated rings. The van der Waals surface area contributed by atoms with E-state index in [0.29, 0.717) is 37.1 Å². The Kier molecular flexibility index (Phi) is 18.6. The van der Waals surface area contributed by atoms with Crippen molar-refractivity contribution in [3.8, 4) is 11.8 Å². The van der Waals surface area contributed by atoms with Gasteiger partial charge >= 0.3 is 14.3 Å². The van der Waals surface area contributed by atoms with E-state index in [-0.39, 0.29) is 83.0 Å². The van der Waals surface area contributed by atoms with Crippen LogP contribution in [0.15, 0.2) is 72.8 Å². The number of fused-ring (bicyclic) bond motifs is 2. The van der Waals surface area contributed by atoms with E-state index in [1.807, 2.05) is 48.5 Å². The van der Waals surface area contributed by atoms with E-state index in [1.165, 1.54) is 0 Å². The van der Waals surface area contributed by atoms with Crippen molar-refractivity contribution in [1.29, 1.82) is 0 Å². The normalized spacial score (nSPS) is 12.2. The molecule has 0 aromatic heterocycles. The minimum atomic E-state index is -2.78. The number of para-hydroxylation sites is 1. The largest absolute Gasteiger partial charge is 0.694 e. The van der Waals surface area contributed by atoms with Gasteiger partial charge in [-0.25, -0.2) is 4.79 Å². The Labute approximate surface area is 331 Å². The molecule has 4 rings (SSSR count). The highest BCUT2D eigenvalue weighted by Gasteiger charge is 2.21. The maximum atomic E-state index is 13.3. The van der Waals surface area contributed by atoms with E-state index in [1.54, 1.807) is 29.2 Å². The zero-order valence-electron chi connectivity index (χ0n) is 31.4. The van der Waals surface area contributed by atoms with Gasteiger partial charge in [-0.1, -0.05) is 54.3 Å². The van der Waals surface area contributed by atoms with Crippen LogP contribution in [0.2, 0.25) is 0 Å². The van der Waals surface area contributed by atoms with Gasteiger partial charge in [0, 0.05) is 60.3 Å². The molecule has 302 valence electrons. The van der Waals surface area contributed by atoms with Crippen LogP contribution in [0.5, 0.6) is 0 Å². The first-order valence-corrected chi connectivity index (χ1v) is 19.6. The number of ether oxygens (including phenoxy) is 2. The second-order valence-corrected chi connectivity index (χ2v) is 13.6. The van der Waals surface area contributed by atoms with Gasteiger partial charge in [-0.15, -0.1) is 9.42 Å². The van der Waals surface area contributed by atoms with Gasteiger partial charge in [0.15, 0.2) is 0 Å². The summed E-state index contributed by atoms with van der Waals surface area (Å²) in [7, 11) is -2.78. The van der Waals surface area contributed by atoms with E-state index in [0.717, 1.165) is 22.4 Å². The zero-order valence-corrected chi connectivity index (χ0v) is 32.3. The summed E-state index contributed by atoms with van der Waals surface area (Å²) in [6, 6.07) is 21.8. The number of carbonyl (C=O) groups is 5. The highest BCUT2D eigenvalue weighted by Crippen LogP contribution is 2.26. The number of anilines is 2. The summed E-state index contributed by atoms with van der Waals surface area (Å²) in [4.78, 5) is 72.6. The van der Waals surface area contributed by atoms with Crippen LogP contribution in [-0.4, -0.2) is 85.3 Å². The average molecular weight is 805 g/mol. The minimum Gasteiger partial charge on any atom is -0.445 e. The molecule has 1 aliphatic rings. The van der Waals surface area contributed by atoms with Crippen LogP contribution >= 0.6 is 8.25 Å². The molecule has 0 radical (unpaired) electrons. The molecule has 0 saturated carbocycles. The van der Waals surface area contributed by atoms with E-state index in [4.69, 9.17) is 14.4 Å². The number of aliphatic hydroxyl groups is 1. The molecule has 3 aromatic carbocycles. The van der Waals surface area contributed by atoms with Crippen molar-refractivity contribution in [3.63, 3.8) is 0 Å². The van der Waals surface area contributed by atoms with Crippen molar-refractivity contribution >= 4 is 49.4 Å². The molecule has 0 bridgehead atoms. The fourth-order valence-electron chi connectivity index (χ4n) is 5.45. The fourth-order valence-corrected chi connectivity index (χ4v) is 5.75. The molecule has 1 heterocycles. The number of aliphatic hydroxyl groups excluding tert-OH is 1. The Bertz CT molecular complexity index is 1920. The molecule has 0 spiro atoms. The molecular formula is C40H47N5O11P+. The number of hydrogen-bond donors (Lipinski definition) is 6. The molecule has 0 aliphatic carbocycles. The van der Waals surface area contributed by atoms with Gasteiger partial charge in [0.1, 0.15) is 19.3 Å². The number of nitrogens with zero attached hydrogens (tertiary/aromatic N) is 1. The maximum Gasteiger partial charge on any atom is 0.694 e. The third-order valence-electron chi connectivity index (χ3n) is 8.37. The number of hydrogen-bond acceptors (Lipinski definition) is 10. The topological polar surface area (TPSA) is 222 Å². The third kappa shape index (κ3) is 16.5. The van der Waals surface area contributed by atoms with E-state index in [2.05, 4.69) is 37.6 Å². The lowest BCUT2D eigenvalue weighted by molar-refractivity contribution is -0.124. The Morgan fingerprint density at radius 2 is 1.46 bits per heavy atom. The van der Waals surface area contributed by atoms with Crippen LogP contribution in [0, 0.1) is 11.8 Å². The summed E-state index contributed by atoms with van der Waals surface area (Å²) in [6.45, 7) is 0.403. The molecule has 57 heavy (non-hydrogen) atoms. The predicted octanol–water partition coefficient (Wildman–Crippen LogP) is 3.41. The van der Waals surface area contributed by atoms with Crippen LogP contribution in [0.25, 0.3) is 0 Å². The van der Waals surface area contributed by atoms with Crippen molar-refractivity contribution in [3.05, 3.63) is 95.1 Å². The van der Waals surface area contributed by atoms with Crippen molar-refractivity contribution in [1.82, 2.24) is 16.0 Å². The molecule has 1 aliphatic heterocycles. The van der Waals surface area contributed by atoms with Gasteiger partial charge in [-0.3, -0.25) is 19.2 Å². The molecule has 0 saturated heterocycles. The monoisotopic (exact) mass is 804 g/mol. The highest BCUT2D eigenvalue weighted by atomic mass is 31.1. The van der Waals surface area contributed by atoms with Crippen LogP contribution in [-0.2, 0) is 50.9 Å². The summed E-state index contributed by atoms with van der Waals surface area (Å²) in [6.07, 6.45) is 0.131. The fraction of sp³-hybridized carbons (Fsp3) is 0.375. The van der Waals surface area contributed by atoms with Gasteiger partial charge < -0.3 is 40.7 Å². The molecule has 3 aromatic rings. The Morgan fingerprint density at radius 3 is 2.21 bits per heavy atom. The van der Waals surface area contributed by atoms with Crippen LogP contribution in [0.1, 0.15) is 60.8 Å². The standard InChI is InChI=1S/C40H46N5O11P/c46-34(28-56-57(52)53)27-54-23-7-21-42-40(51)55-26-29-14-18-33(19-15-29)44-38(49)24-43-37(48)13-6-5-12-36(47)41-22-20-39(50)45-25-32-10-2-1-8-30(32)16-17-31-9-3-4-11-35(31)45/h1-4,8-11,14-15,18-19,34,46H,5-7,12-13,20-28H2,(H4-,41,42,43,44,47,48,49,51,52,53)/p+1. The minimum absolute atomic E-state index is 0.00633. The molecule has 6 N–H and O–H groups in total. The first-order valence-electron chi connectivity index (χ1n) is 18.4. The summed E-state index contributed by atoms with van der Waals surface area (Å²) >= 11 is 0. The first-order chi connectivity index (χ1) is 27.6. The summed E-state index contributed by atoms with van der Waals surface area (Å²) in [5.74, 6) is 5.28. The number of unbranched alkanes of at least 4 members (excludes halogenated alkanes) is 1. The first kappa shape index (κ1) is 44.0. The van der Waals surface area contributed by atoms with E-state index >= 15 is 0 Å². The van der Waals surface area contributed by atoms with Gasteiger partial charge in [-0.2, -0.15) is 0 Å². The summed E-state index contributed by atoms with van der Waals surface area (Å²) < 4.78 is 25.2. The summed E-state index contributed by atoms with van der Waals surface area (Å²) in [5, 5.41) is 20.1. The van der Waals surface area contributed by atoms with Gasteiger partial charge in [0.2, 0.25) is 23.6 Å². The average Bonchev–Trinajstić information content (AvgIpc) is 3.19. The Morgan fingerprint density at radius 1 is 0.772 bits per heavy atom. The molecule has 5 amide bonds. The molecule has 2 atom stereocenters. The Balaban J connectivity index is 1.02. The molecule has 17 heteroatoms. The number of alkyl carbamates (subject to hydrolysis) is 1. The third-order valence-corrected chi connectivity index (χ3v) is 8.74. The molecule has 2 unspecified atom stereocenters. The molecular weight excluding hydrogens is 757 g/mol. The number of benzene rings is 3. The van der Waals surface area contributed by atoms with E-state index < -0.39 is 26.4 Å². The lowest BCUT2D eigenvalue weighted by Crippen LogP contribution is -2.35. The van der Waals surface area contributed by atoms with Gasteiger partial charge in [-0.05, 0) is 60.7 Å². The second-order valence-electron chi connectivity index (χ2n) is 12.9.